The van der Waals surface area contributed by atoms with E-state index in [4.69, 9.17) is 5.73 Å². The first kappa shape index (κ1) is 15.2. The third-order valence-corrected chi connectivity index (χ3v) is 4.65. The van der Waals surface area contributed by atoms with E-state index >= 15 is 0 Å². The average Bonchev–Trinajstić information content (AvgIpc) is 2.63. The summed E-state index contributed by atoms with van der Waals surface area (Å²) in [7, 11) is 0. The Hall–Kier alpha value is 0.1000. The van der Waals surface area contributed by atoms with Crippen LogP contribution in [0.15, 0.2) is 15.9 Å². The number of hydrogen-bond acceptors (Lipinski definition) is 3. The Morgan fingerprint density at radius 3 is 2.76 bits per heavy atom. The molecule has 0 saturated carbocycles. The molecule has 1 aromatic rings. The van der Waals surface area contributed by atoms with Gasteiger partial charge in [-0.05, 0) is 59.8 Å². The van der Waals surface area contributed by atoms with Crippen molar-refractivity contribution >= 4 is 27.3 Å². The van der Waals surface area contributed by atoms with E-state index in [-0.39, 0.29) is 0 Å². The summed E-state index contributed by atoms with van der Waals surface area (Å²) in [5, 5.41) is 5.61. The number of nitrogens with one attached hydrogen (secondary N) is 1. The SMILES string of the molecule is CC(C)(CCN)CCCNCc1cc(Br)cs1. The van der Waals surface area contributed by atoms with Crippen LogP contribution in [0.2, 0.25) is 0 Å². The maximum atomic E-state index is 5.60. The first-order valence-electron chi connectivity index (χ1n) is 6.17. The van der Waals surface area contributed by atoms with Gasteiger partial charge < -0.3 is 11.1 Å². The lowest BCUT2D eigenvalue weighted by Crippen LogP contribution is -2.20. The lowest BCUT2D eigenvalue weighted by Gasteiger charge is -2.23. The molecular weight excluding hydrogens is 296 g/mol. The van der Waals surface area contributed by atoms with Crippen molar-refractivity contribution in [2.45, 2.75) is 39.7 Å². The molecule has 0 aliphatic carbocycles. The Kier molecular flexibility index (Phi) is 6.70. The van der Waals surface area contributed by atoms with Crippen molar-refractivity contribution in [1.82, 2.24) is 5.32 Å². The molecule has 1 aromatic heterocycles. The molecule has 0 aliphatic rings. The molecule has 2 nitrogen and oxygen atoms in total. The Labute approximate surface area is 117 Å². The zero-order valence-electron chi connectivity index (χ0n) is 10.8. The van der Waals surface area contributed by atoms with Crippen LogP contribution in [0.25, 0.3) is 0 Å². The Balaban J connectivity index is 2.08. The van der Waals surface area contributed by atoms with E-state index in [0.717, 1.165) is 26.1 Å². The first-order chi connectivity index (χ1) is 8.03. The van der Waals surface area contributed by atoms with Gasteiger partial charge in [0.25, 0.3) is 0 Å². The highest BCUT2D eigenvalue weighted by molar-refractivity contribution is 9.10. The lowest BCUT2D eigenvalue weighted by atomic mass is 9.84. The van der Waals surface area contributed by atoms with E-state index in [1.54, 1.807) is 11.3 Å². The molecule has 0 bridgehead atoms. The molecule has 0 atom stereocenters. The maximum Gasteiger partial charge on any atom is 0.0300 e. The summed E-state index contributed by atoms with van der Waals surface area (Å²) in [4.78, 5) is 1.39. The molecule has 0 spiro atoms. The standard InChI is InChI=1S/C13H23BrN2S/c1-13(2,5-6-15)4-3-7-16-9-12-8-11(14)10-17-12/h8,10,16H,3-7,9,15H2,1-2H3. The minimum atomic E-state index is 0.391. The second kappa shape index (κ2) is 7.52. The van der Waals surface area contributed by atoms with Crippen LogP contribution in [0.1, 0.15) is 38.0 Å². The summed E-state index contributed by atoms with van der Waals surface area (Å²) < 4.78 is 1.18. The fourth-order valence-electron chi connectivity index (χ4n) is 1.87. The van der Waals surface area contributed by atoms with Crippen molar-refractivity contribution < 1.29 is 0 Å². The molecule has 4 heteroatoms. The third kappa shape index (κ3) is 6.55. The molecule has 0 saturated heterocycles. The minimum absolute atomic E-state index is 0.391. The largest absolute Gasteiger partial charge is 0.330 e. The van der Waals surface area contributed by atoms with Gasteiger partial charge in [-0.3, -0.25) is 0 Å². The summed E-state index contributed by atoms with van der Waals surface area (Å²) in [5.74, 6) is 0. The molecule has 0 aliphatic heterocycles. The van der Waals surface area contributed by atoms with Crippen molar-refractivity contribution in [3.63, 3.8) is 0 Å². The predicted octanol–water partition coefficient (Wildman–Crippen LogP) is 3.76. The van der Waals surface area contributed by atoms with Crippen LogP contribution in [0.3, 0.4) is 0 Å². The van der Waals surface area contributed by atoms with E-state index < -0.39 is 0 Å². The van der Waals surface area contributed by atoms with E-state index in [1.165, 1.54) is 22.2 Å². The Morgan fingerprint density at radius 1 is 1.41 bits per heavy atom. The zero-order chi connectivity index (χ0) is 12.7. The van der Waals surface area contributed by atoms with E-state index in [0.29, 0.717) is 5.41 Å². The number of nitrogens with two attached hydrogens (primary N) is 1. The van der Waals surface area contributed by atoms with Crippen LogP contribution in [-0.2, 0) is 6.54 Å². The lowest BCUT2D eigenvalue weighted by molar-refractivity contribution is 0.302. The smallest absolute Gasteiger partial charge is 0.0300 e. The van der Waals surface area contributed by atoms with Crippen LogP contribution in [0.4, 0.5) is 0 Å². The predicted molar refractivity (Wildman–Crippen MR) is 80.4 cm³/mol. The maximum absolute atomic E-state index is 5.60. The van der Waals surface area contributed by atoms with E-state index in [9.17, 15) is 0 Å². The van der Waals surface area contributed by atoms with Crippen LogP contribution < -0.4 is 11.1 Å². The molecular formula is C13H23BrN2S. The number of thiophene rings is 1. The number of halogens is 1. The van der Waals surface area contributed by atoms with Crippen molar-refractivity contribution in [3.8, 4) is 0 Å². The van der Waals surface area contributed by atoms with Crippen molar-refractivity contribution in [3.05, 3.63) is 20.8 Å². The molecule has 0 radical (unpaired) electrons. The summed E-state index contributed by atoms with van der Waals surface area (Å²) in [6.07, 6.45) is 3.58. The first-order valence-corrected chi connectivity index (χ1v) is 7.84. The van der Waals surface area contributed by atoms with Gasteiger partial charge in [-0.2, -0.15) is 0 Å². The molecule has 0 unspecified atom stereocenters. The fourth-order valence-corrected chi connectivity index (χ4v) is 3.29. The van der Waals surface area contributed by atoms with Crippen LogP contribution in [0, 0.1) is 5.41 Å². The van der Waals surface area contributed by atoms with Crippen LogP contribution in [-0.4, -0.2) is 13.1 Å². The van der Waals surface area contributed by atoms with Gasteiger partial charge in [0, 0.05) is 21.3 Å². The van der Waals surface area contributed by atoms with Gasteiger partial charge in [0.1, 0.15) is 0 Å². The summed E-state index contributed by atoms with van der Waals surface area (Å²) in [6, 6.07) is 2.18. The van der Waals surface area contributed by atoms with Crippen molar-refractivity contribution in [2.75, 3.05) is 13.1 Å². The van der Waals surface area contributed by atoms with Crippen molar-refractivity contribution in [2.24, 2.45) is 11.1 Å². The second-order valence-corrected chi connectivity index (χ2v) is 7.13. The highest BCUT2D eigenvalue weighted by atomic mass is 79.9. The second-order valence-electron chi connectivity index (χ2n) is 5.21. The number of rotatable bonds is 8. The highest BCUT2D eigenvalue weighted by Gasteiger charge is 2.15. The zero-order valence-corrected chi connectivity index (χ0v) is 13.2. The molecule has 98 valence electrons. The van der Waals surface area contributed by atoms with Gasteiger partial charge in [-0.1, -0.05) is 13.8 Å². The summed E-state index contributed by atoms with van der Waals surface area (Å²) in [5.41, 5.74) is 6.00. The van der Waals surface area contributed by atoms with Gasteiger partial charge in [0.05, 0.1) is 0 Å². The Morgan fingerprint density at radius 2 is 2.18 bits per heavy atom. The van der Waals surface area contributed by atoms with E-state index in [1.807, 2.05) is 0 Å². The average molecular weight is 319 g/mol. The molecule has 1 heterocycles. The van der Waals surface area contributed by atoms with Crippen LogP contribution >= 0.6 is 27.3 Å². The molecule has 0 amide bonds. The molecule has 0 fully saturated rings. The fraction of sp³-hybridized carbons (Fsp3) is 0.692. The summed E-state index contributed by atoms with van der Waals surface area (Å²) in [6.45, 7) is 7.47. The number of hydrogen-bond donors (Lipinski definition) is 2. The molecule has 0 aromatic carbocycles. The highest BCUT2D eigenvalue weighted by Crippen LogP contribution is 2.25. The normalized spacial score (nSPS) is 12.0. The monoisotopic (exact) mass is 318 g/mol. The Bertz CT molecular complexity index is 323. The van der Waals surface area contributed by atoms with E-state index in [2.05, 4.69) is 46.5 Å². The third-order valence-electron chi connectivity index (χ3n) is 2.95. The van der Waals surface area contributed by atoms with Gasteiger partial charge in [-0.15, -0.1) is 11.3 Å². The molecule has 1 rings (SSSR count). The quantitative estimate of drug-likeness (QED) is 0.716. The van der Waals surface area contributed by atoms with Crippen LogP contribution in [0.5, 0.6) is 0 Å². The molecule has 17 heavy (non-hydrogen) atoms. The minimum Gasteiger partial charge on any atom is -0.330 e. The molecule has 3 N–H and O–H groups in total. The van der Waals surface area contributed by atoms with Gasteiger partial charge in [-0.25, -0.2) is 0 Å². The van der Waals surface area contributed by atoms with Gasteiger partial charge in [0.2, 0.25) is 0 Å². The van der Waals surface area contributed by atoms with Gasteiger partial charge >= 0.3 is 0 Å². The summed E-state index contributed by atoms with van der Waals surface area (Å²) >= 11 is 5.26. The topological polar surface area (TPSA) is 38.0 Å². The van der Waals surface area contributed by atoms with Crippen molar-refractivity contribution in [1.29, 1.82) is 0 Å². The van der Waals surface area contributed by atoms with Gasteiger partial charge in [0.15, 0.2) is 0 Å².